The highest BCUT2D eigenvalue weighted by Gasteiger charge is 2.20. The number of thiophene rings is 1. The van der Waals surface area contributed by atoms with Crippen LogP contribution in [-0.2, 0) is 4.74 Å². The normalized spacial score (nSPS) is 16.2. The molecule has 102 valence electrons. The number of hydrogen-bond donors (Lipinski definition) is 1. The largest absolute Gasteiger partial charge is 1.00 e. The lowest BCUT2D eigenvalue weighted by Gasteiger charge is -2.22. The van der Waals surface area contributed by atoms with Crippen LogP contribution in [0, 0.1) is 0 Å². The molecule has 0 amide bonds. The summed E-state index contributed by atoms with van der Waals surface area (Å²) in [7, 11) is 0. The van der Waals surface area contributed by atoms with Gasteiger partial charge in [-0.1, -0.05) is 18.2 Å². The van der Waals surface area contributed by atoms with Crippen molar-refractivity contribution in [1.82, 2.24) is 0 Å². The first kappa shape index (κ1) is 14.5. The van der Waals surface area contributed by atoms with E-state index < -0.39 is 0 Å². The van der Waals surface area contributed by atoms with Gasteiger partial charge in [-0.05, 0) is 6.07 Å². The second-order valence-corrected chi connectivity index (χ2v) is 5.52. The molecule has 1 saturated heterocycles. The maximum Gasteiger partial charge on any atom is 0.218 e. The van der Waals surface area contributed by atoms with Gasteiger partial charge in [-0.25, -0.2) is 0 Å². The molecule has 0 atom stereocenters. The number of ketones is 1. The van der Waals surface area contributed by atoms with E-state index in [1.165, 1.54) is 9.60 Å². The zero-order chi connectivity index (χ0) is 12.4. The molecule has 3 rings (SSSR count). The third kappa shape index (κ3) is 3.15. The smallest absolute Gasteiger partial charge is 0.218 e. The fraction of sp³-hybridized carbons (Fsp3) is 0.357. The standard InChI is InChI=1S/C14H15NO2S.ClH/c16-13(9-15-5-7-17-8-6-15)12-10-18-14-4-2-1-3-11(12)14;/h1-4,10H,5-9H2;1H. The topological polar surface area (TPSA) is 30.7 Å². The van der Waals surface area contributed by atoms with E-state index in [9.17, 15) is 4.79 Å². The number of carbonyl (C=O) groups excluding carboxylic acids is 1. The van der Waals surface area contributed by atoms with Crippen molar-refractivity contribution in [3.63, 3.8) is 0 Å². The maximum absolute atomic E-state index is 12.3. The highest BCUT2D eigenvalue weighted by Crippen LogP contribution is 2.25. The zero-order valence-corrected chi connectivity index (χ0v) is 12.1. The molecule has 0 saturated carbocycles. The average molecular weight is 298 g/mol. The molecule has 1 aromatic heterocycles. The quantitative estimate of drug-likeness (QED) is 0.665. The van der Waals surface area contributed by atoms with E-state index in [2.05, 4.69) is 6.07 Å². The minimum Gasteiger partial charge on any atom is -1.00 e. The van der Waals surface area contributed by atoms with E-state index in [0.29, 0.717) is 6.54 Å². The molecule has 1 aromatic carbocycles. The van der Waals surface area contributed by atoms with Crippen molar-refractivity contribution in [3.8, 4) is 0 Å². The van der Waals surface area contributed by atoms with Gasteiger partial charge in [0.15, 0.2) is 0 Å². The Morgan fingerprint density at radius 3 is 2.79 bits per heavy atom. The number of nitrogens with one attached hydrogen (secondary N) is 1. The van der Waals surface area contributed by atoms with E-state index >= 15 is 0 Å². The number of benzene rings is 1. The van der Waals surface area contributed by atoms with Crippen LogP contribution >= 0.6 is 11.3 Å². The molecule has 3 nitrogen and oxygen atoms in total. The molecule has 0 bridgehead atoms. The summed E-state index contributed by atoms with van der Waals surface area (Å²) in [4.78, 5) is 13.7. The number of fused-ring (bicyclic) bond motifs is 1. The van der Waals surface area contributed by atoms with Crippen molar-refractivity contribution in [1.29, 1.82) is 0 Å². The van der Waals surface area contributed by atoms with Crippen molar-refractivity contribution in [2.45, 2.75) is 0 Å². The first-order valence-corrected chi connectivity index (χ1v) is 7.13. The SMILES string of the molecule is O=C(C[NH+]1CCOCC1)c1csc2ccccc12.[Cl-]. The van der Waals surface area contributed by atoms with Crippen molar-refractivity contribution in [2.24, 2.45) is 0 Å². The van der Waals surface area contributed by atoms with Gasteiger partial charge in [-0.2, -0.15) is 0 Å². The van der Waals surface area contributed by atoms with E-state index in [0.717, 1.165) is 37.3 Å². The Kier molecular flexibility index (Phi) is 4.93. The Balaban J connectivity index is 0.00000133. The first-order chi connectivity index (χ1) is 8.84. The van der Waals surface area contributed by atoms with Crippen molar-refractivity contribution in [2.75, 3.05) is 32.8 Å². The Morgan fingerprint density at radius 2 is 2.00 bits per heavy atom. The lowest BCUT2D eigenvalue weighted by Crippen LogP contribution is -3.14. The van der Waals surface area contributed by atoms with E-state index in [-0.39, 0.29) is 18.2 Å². The molecule has 19 heavy (non-hydrogen) atoms. The number of morpholine rings is 1. The molecule has 5 heteroatoms. The molecular weight excluding hydrogens is 282 g/mol. The van der Waals surface area contributed by atoms with Gasteiger partial charge in [0.1, 0.15) is 19.6 Å². The van der Waals surface area contributed by atoms with Gasteiger partial charge in [-0.3, -0.25) is 4.79 Å². The summed E-state index contributed by atoms with van der Waals surface area (Å²) in [5, 5.41) is 3.09. The second kappa shape index (κ2) is 6.48. The maximum atomic E-state index is 12.3. The number of ether oxygens (including phenoxy) is 1. The predicted molar refractivity (Wildman–Crippen MR) is 72.5 cm³/mol. The van der Waals surface area contributed by atoms with Crippen LogP contribution in [-0.4, -0.2) is 38.6 Å². The minimum atomic E-state index is 0. The highest BCUT2D eigenvalue weighted by atomic mass is 35.5. The number of rotatable bonds is 3. The lowest BCUT2D eigenvalue weighted by atomic mass is 10.1. The van der Waals surface area contributed by atoms with Gasteiger partial charge in [0.2, 0.25) is 5.78 Å². The molecule has 2 aromatic rings. The Morgan fingerprint density at radius 1 is 1.26 bits per heavy atom. The zero-order valence-electron chi connectivity index (χ0n) is 10.5. The van der Waals surface area contributed by atoms with E-state index in [1.54, 1.807) is 11.3 Å². The highest BCUT2D eigenvalue weighted by molar-refractivity contribution is 7.17. The average Bonchev–Trinajstić information content (AvgIpc) is 2.84. The van der Waals surface area contributed by atoms with Gasteiger partial charge in [0.25, 0.3) is 0 Å². The molecule has 1 fully saturated rings. The summed E-state index contributed by atoms with van der Waals surface area (Å²) < 4.78 is 6.50. The molecular formula is C14H16ClNO2S. The molecule has 1 aliphatic heterocycles. The van der Waals surface area contributed by atoms with Crippen LogP contribution in [0.5, 0.6) is 0 Å². The monoisotopic (exact) mass is 297 g/mol. The summed E-state index contributed by atoms with van der Waals surface area (Å²) in [6.45, 7) is 4.01. The van der Waals surface area contributed by atoms with Crippen molar-refractivity contribution in [3.05, 3.63) is 35.2 Å². The van der Waals surface area contributed by atoms with Crippen molar-refractivity contribution < 1.29 is 26.8 Å². The van der Waals surface area contributed by atoms with Gasteiger partial charge < -0.3 is 22.0 Å². The van der Waals surface area contributed by atoms with Gasteiger partial charge in [-0.15, -0.1) is 11.3 Å². The summed E-state index contributed by atoms with van der Waals surface area (Å²) in [6, 6.07) is 8.11. The van der Waals surface area contributed by atoms with Crippen LogP contribution in [0.1, 0.15) is 10.4 Å². The summed E-state index contributed by atoms with van der Waals surface area (Å²) in [5.41, 5.74) is 0.884. The number of carbonyl (C=O) groups is 1. The number of Topliss-reactive ketones (excluding diaryl/α,β-unsaturated/α-hetero) is 1. The number of hydrogen-bond acceptors (Lipinski definition) is 3. The first-order valence-electron chi connectivity index (χ1n) is 6.25. The summed E-state index contributed by atoms with van der Waals surface area (Å²) >= 11 is 1.65. The molecule has 2 heterocycles. The fourth-order valence-corrected chi connectivity index (χ4v) is 3.32. The Labute approximate surface area is 122 Å². The van der Waals surface area contributed by atoms with Crippen LogP contribution in [0.4, 0.5) is 0 Å². The van der Waals surface area contributed by atoms with E-state index in [1.807, 2.05) is 23.6 Å². The van der Waals surface area contributed by atoms with Crippen LogP contribution in [0.2, 0.25) is 0 Å². The fourth-order valence-electron chi connectivity index (χ4n) is 2.35. The third-order valence-electron chi connectivity index (χ3n) is 3.39. The summed E-state index contributed by atoms with van der Waals surface area (Å²) in [5.74, 6) is 0.254. The van der Waals surface area contributed by atoms with E-state index in [4.69, 9.17) is 4.74 Å². The Bertz CT molecular complexity index is 563. The predicted octanol–water partition coefficient (Wildman–Crippen LogP) is -2.00. The van der Waals surface area contributed by atoms with Crippen LogP contribution < -0.4 is 17.3 Å². The van der Waals surface area contributed by atoms with Gasteiger partial charge >= 0.3 is 0 Å². The Hall–Kier alpha value is -0.940. The van der Waals surface area contributed by atoms with Crippen LogP contribution in [0.15, 0.2) is 29.6 Å². The molecule has 1 N–H and O–H groups in total. The second-order valence-electron chi connectivity index (χ2n) is 4.61. The lowest BCUT2D eigenvalue weighted by molar-refractivity contribution is -0.899. The minimum absolute atomic E-state index is 0. The van der Waals surface area contributed by atoms with Gasteiger partial charge in [0.05, 0.1) is 13.2 Å². The number of halogens is 1. The van der Waals surface area contributed by atoms with Crippen LogP contribution in [0.25, 0.3) is 10.1 Å². The molecule has 0 aliphatic carbocycles. The van der Waals surface area contributed by atoms with Crippen molar-refractivity contribution >= 4 is 27.2 Å². The third-order valence-corrected chi connectivity index (χ3v) is 4.36. The molecule has 0 radical (unpaired) electrons. The molecule has 1 aliphatic rings. The van der Waals surface area contributed by atoms with Gasteiger partial charge in [0, 0.05) is 21.0 Å². The van der Waals surface area contributed by atoms with Crippen LogP contribution in [0.3, 0.4) is 0 Å². The summed E-state index contributed by atoms with van der Waals surface area (Å²) in [6.07, 6.45) is 0. The molecule has 0 unspecified atom stereocenters. The molecule has 0 spiro atoms. The number of quaternary nitrogens is 1.